The Labute approximate surface area is 92.3 Å². The van der Waals surface area contributed by atoms with Crippen LogP contribution in [0, 0.1) is 12.3 Å². The van der Waals surface area contributed by atoms with Crippen LogP contribution in [0.3, 0.4) is 0 Å². The molecule has 0 aromatic heterocycles. The largest absolute Gasteiger partial charge is 0.393 e. The number of hydrogen-bond donors (Lipinski definition) is 2. The summed E-state index contributed by atoms with van der Waals surface area (Å²) >= 11 is 0. The number of carbonyl (C=O) groups is 1. The van der Waals surface area contributed by atoms with Gasteiger partial charge in [-0.3, -0.25) is 4.79 Å². The zero-order valence-corrected chi connectivity index (χ0v) is 9.70. The lowest BCUT2D eigenvalue weighted by molar-refractivity contribution is -0.119. The molecular weight excluding hydrogens is 190 g/mol. The molecule has 0 aliphatic heterocycles. The van der Waals surface area contributed by atoms with E-state index >= 15 is 0 Å². The molecule has 0 aromatic rings. The summed E-state index contributed by atoms with van der Waals surface area (Å²) < 4.78 is 0. The molecule has 87 valence electrons. The Morgan fingerprint density at radius 3 is 2.60 bits per heavy atom. The van der Waals surface area contributed by atoms with Crippen LogP contribution in [0.4, 0.5) is 0 Å². The second-order valence-corrected chi connectivity index (χ2v) is 4.57. The Hall–Kier alpha value is -0.570. The van der Waals surface area contributed by atoms with Crippen LogP contribution >= 0.6 is 0 Å². The fourth-order valence-corrected chi connectivity index (χ4v) is 1.85. The van der Waals surface area contributed by atoms with Crippen molar-refractivity contribution in [2.24, 2.45) is 5.92 Å². The van der Waals surface area contributed by atoms with Crippen molar-refractivity contribution in [3.8, 4) is 0 Å². The third-order valence-corrected chi connectivity index (χ3v) is 3.12. The van der Waals surface area contributed by atoms with Crippen LogP contribution in [-0.2, 0) is 4.79 Å². The van der Waals surface area contributed by atoms with E-state index in [4.69, 9.17) is 0 Å². The maximum atomic E-state index is 11.5. The zero-order chi connectivity index (χ0) is 11.3. The van der Waals surface area contributed by atoms with E-state index in [-0.39, 0.29) is 18.1 Å². The van der Waals surface area contributed by atoms with Crippen LogP contribution in [0.1, 0.15) is 46.0 Å². The van der Waals surface area contributed by atoms with E-state index in [1.165, 1.54) is 0 Å². The number of aliphatic hydroxyl groups is 1. The summed E-state index contributed by atoms with van der Waals surface area (Å²) in [4.78, 5) is 11.5. The van der Waals surface area contributed by atoms with Crippen LogP contribution in [0.15, 0.2) is 0 Å². The van der Waals surface area contributed by atoms with E-state index < -0.39 is 0 Å². The van der Waals surface area contributed by atoms with Gasteiger partial charge in [-0.05, 0) is 31.6 Å². The topological polar surface area (TPSA) is 49.3 Å². The molecule has 15 heavy (non-hydrogen) atoms. The van der Waals surface area contributed by atoms with Gasteiger partial charge < -0.3 is 10.4 Å². The van der Waals surface area contributed by atoms with Crippen molar-refractivity contribution in [3.63, 3.8) is 0 Å². The minimum Gasteiger partial charge on any atom is -0.393 e. The number of carbonyl (C=O) groups excluding carboxylic acids is 1. The minimum absolute atomic E-state index is 0.0470. The summed E-state index contributed by atoms with van der Waals surface area (Å²) in [5.41, 5.74) is 0. The molecule has 0 bridgehead atoms. The molecule has 1 aliphatic rings. The van der Waals surface area contributed by atoms with E-state index in [0.717, 1.165) is 32.1 Å². The van der Waals surface area contributed by atoms with Crippen LogP contribution in [-0.4, -0.2) is 23.2 Å². The molecule has 1 saturated carbocycles. The lowest BCUT2D eigenvalue weighted by Gasteiger charge is -2.26. The average Bonchev–Trinajstić information content (AvgIpc) is 2.21. The molecule has 0 aromatic carbocycles. The summed E-state index contributed by atoms with van der Waals surface area (Å²) in [6, 6.07) is 0.265. The molecule has 0 spiro atoms. The zero-order valence-electron chi connectivity index (χ0n) is 9.70. The van der Waals surface area contributed by atoms with Gasteiger partial charge in [0.2, 0.25) is 5.91 Å². The summed E-state index contributed by atoms with van der Waals surface area (Å²) in [6.07, 6.45) is 6.03. The Morgan fingerprint density at radius 1 is 1.47 bits per heavy atom. The van der Waals surface area contributed by atoms with Crippen LogP contribution in [0.25, 0.3) is 0 Å². The fraction of sp³-hybridized carbons (Fsp3) is 0.833. The Balaban J connectivity index is 2.20. The highest BCUT2D eigenvalue weighted by Gasteiger charge is 2.21. The van der Waals surface area contributed by atoms with Crippen molar-refractivity contribution in [1.82, 2.24) is 5.32 Å². The molecule has 1 fully saturated rings. The predicted octanol–water partition coefficient (Wildman–Crippen LogP) is 1.66. The van der Waals surface area contributed by atoms with Gasteiger partial charge >= 0.3 is 0 Å². The first-order valence-corrected chi connectivity index (χ1v) is 5.95. The number of rotatable bonds is 4. The van der Waals surface area contributed by atoms with Gasteiger partial charge in [0.25, 0.3) is 0 Å². The normalized spacial score (nSPS) is 28.5. The third-order valence-electron chi connectivity index (χ3n) is 3.12. The summed E-state index contributed by atoms with van der Waals surface area (Å²) in [5.74, 6) is 0.393. The highest BCUT2D eigenvalue weighted by atomic mass is 16.3. The molecule has 1 amide bonds. The van der Waals surface area contributed by atoms with Crippen LogP contribution < -0.4 is 5.32 Å². The van der Waals surface area contributed by atoms with Crippen LogP contribution in [0.5, 0.6) is 0 Å². The van der Waals surface area contributed by atoms with Crippen molar-refractivity contribution in [1.29, 1.82) is 0 Å². The standard InChI is InChI=1S/C12H22NO2/c1-3-9(2)8-12(15)13-10-4-6-11(14)7-5-10/h8-11,14H,3-7H2,1-2H3,(H,13,15)/t9-,10?,11?/m1/s1. The molecule has 0 unspecified atom stereocenters. The van der Waals surface area contributed by atoms with Gasteiger partial charge in [0.05, 0.1) is 12.5 Å². The third kappa shape index (κ3) is 4.65. The van der Waals surface area contributed by atoms with E-state index in [1.54, 1.807) is 6.42 Å². The number of amides is 1. The molecule has 2 N–H and O–H groups in total. The first-order valence-electron chi connectivity index (χ1n) is 5.95. The van der Waals surface area contributed by atoms with Gasteiger partial charge in [-0.2, -0.15) is 0 Å². The van der Waals surface area contributed by atoms with Crippen molar-refractivity contribution < 1.29 is 9.90 Å². The van der Waals surface area contributed by atoms with Crippen LogP contribution in [0.2, 0.25) is 0 Å². The Kier molecular flexibility index (Phi) is 5.09. The quantitative estimate of drug-likeness (QED) is 0.744. The highest BCUT2D eigenvalue weighted by molar-refractivity contribution is 5.85. The van der Waals surface area contributed by atoms with Gasteiger partial charge in [0.1, 0.15) is 0 Å². The summed E-state index contributed by atoms with van der Waals surface area (Å²) in [6.45, 7) is 4.12. The van der Waals surface area contributed by atoms with Gasteiger partial charge in [-0.15, -0.1) is 0 Å². The SMILES string of the molecule is CC[C@@H](C)[CH]C(=O)NC1CCC(O)CC1. The number of aliphatic hydroxyl groups excluding tert-OH is 1. The fourth-order valence-electron chi connectivity index (χ4n) is 1.85. The second-order valence-electron chi connectivity index (χ2n) is 4.57. The lowest BCUT2D eigenvalue weighted by Crippen LogP contribution is -2.39. The minimum atomic E-state index is -0.156. The smallest absolute Gasteiger partial charge is 0.224 e. The number of nitrogens with one attached hydrogen (secondary N) is 1. The molecule has 3 nitrogen and oxygen atoms in total. The monoisotopic (exact) mass is 212 g/mol. The maximum absolute atomic E-state index is 11.5. The first-order chi connectivity index (χ1) is 7.11. The Morgan fingerprint density at radius 2 is 2.07 bits per heavy atom. The molecular formula is C12H22NO2. The maximum Gasteiger partial charge on any atom is 0.224 e. The van der Waals surface area contributed by atoms with Crippen molar-refractivity contribution >= 4 is 5.91 Å². The highest BCUT2D eigenvalue weighted by Crippen LogP contribution is 2.18. The molecule has 0 heterocycles. The van der Waals surface area contributed by atoms with Crippen molar-refractivity contribution in [2.45, 2.75) is 58.1 Å². The summed E-state index contributed by atoms with van der Waals surface area (Å²) in [7, 11) is 0. The molecule has 3 heteroatoms. The first kappa shape index (κ1) is 12.5. The van der Waals surface area contributed by atoms with Crippen molar-refractivity contribution in [3.05, 3.63) is 6.42 Å². The van der Waals surface area contributed by atoms with E-state index in [0.29, 0.717) is 5.92 Å². The second kappa shape index (κ2) is 6.11. The lowest BCUT2D eigenvalue weighted by atomic mass is 9.93. The van der Waals surface area contributed by atoms with Crippen molar-refractivity contribution in [2.75, 3.05) is 0 Å². The van der Waals surface area contributed by atoms with Gasteiger partial charge in [0.15, 0.2) is 0 Å². The van der Waals surface area contributed by atoms with Gasteiger partial charge in [0, 0.05) is 6.04 Å². The predicted molar refractivity (Wildman–Crippen MR) is 60.2 cm³/mol. The average molecular weight is 212 g/mol. The molecule has 0 saturated heterocycles. The van der Waals surface area contributed by atoms with E-state index in [9.17, 15) is 9.90 Å². The van der Waals surface area contributed by atoms with Gasteiger partial charge in [-0.1, -0.05) is 20.3 Å². The van der Waals surface area contributed by atoms with E-state index in [1.807, 2.05) is 6.92 Å². The molecule has 1 aliphatic carbocycles. The summed E-state index contributed by atoms with van der Waals surface area (Å²) in [5, 5.41) is 12.3. The van der Waals surface area contributed by atoms with Gasteiger partial charge in [-0.25, -0.2) is 0 Å². The van der Waals surface area contributed by atoms with E-state index in [2.05, 4.69) is 12.2 Å². The number of hydrogen-bond acceptors (Lipinski definition) is 2. The molecule has 1 rings (SSSR count). The molecule has 1 atom stereocenters. The molecule has 1 radical (unpaired) electrons. The Bertz CT molecular complexity index is 198.